The van der Waals surface area contributed by atoms with E-state index in [0.717, 1.165) is 30.0 Å². The summed E-state index contributed by atoms with van der Waals surface area (Å²) in [6.45, 7) is 2.08. The van der Waals surface area contributed by atoms with Crippen molar-refractivity contribution >= 4 is 12.6 Å². The average molecular weight is 168 g/mol. The van der Waals surface area contributed by atoms with Crippen LogP contribution in [-0.4, -0.2) is 15.7 Å². The molecule has 1 aromatic rings. The predicted molar refractivity (Wildman–Crippen MR) is 49.0 cm³/mol. The monoisotopic (exact) mass is 168 g/mol. The van der Waals surface area contributed by atoms with E-state index in [1.807, 2.05) is 6.20 Å². The molecule has 0 aliphatic rings. The smallest absolute Gasteiger partial charge is 0.0598 e. The minimum absolute atomic E-state index is 0.835. The third-order valence-corrected chi connectivity index (χ3v) is 1.69. The van der Waals surface area contributed by atoms with Gasteiger partial charge in [-0.3, -0.25) is 9.97 Å². The number of rotatable bonds is 3. The fourth-order valence-corrected chi connectivity index (χ4v) is 1.09. The molecule has 0 aliphatic heterocycles. The summed E-state index contributed by atoms with van der Waals surface area (Å²) in [5.74, 6) is 0.835. The van der Waals surface area contributed by atoms with Crippen molar-refractivity contribution in [3.05, 3.63) is 23.8 Å². The van der Waals surface area contributed by atoms with E-state index in [9.17, 15) is 0 Å². The lowest BCUT2D eigenvalue weighted by molar-refractivity contribution is 0.927. The first-order valence-electron chi connectivity index (χ1n) is 3.77. The summed E-state index contributed by atoms with van der Waals surface area (Å²) in [6.07, 6.45) is 5.47. The van der Waals surface area contributed by atoms with Crippen molar-refractivity contribution in [1.29, 1.82) is 0 Å². The molecule has 0 aliphatic carbocycles. The van der Waals surface area contributed by atoms with Gasteiger partial charge in [0, 0.05) is 18.8 Å². The predicted octanol–water partition coefficient (Wildman–Crippen LogP) is 1.51. The van der Waals surface area contributed by atoms with Gasteiger partial charge in [0.1, 0.15) is 0 Å². The summed E-state index contributed by atoms with van der Waals surface area (Å²) in [4.78, 5) is 8.45. The Labute approximate surface area is 72.5 Å². The zero-order chi connectivity index (χ0) is 8.10. The zero-order valence-electron chi connectivity index (χ0n) is 6.62. The van der Waals surface area contributed by atoms with Gasteiger partial charge in [0.15, 0.2) is 0 Å². The summed E-state index contributed by atoms with van der Waals surface area (Å²) in [5, 5.41) is 0. The maximum atomic E-state index is 4.37. The van der Waals surface area contributed by atoms with E-state index in [4.69, 9.17) is 0 Å². The van der Waals surface area contributed by atoms with Crippen LogP contribution in [0.3, 0.4) is 0 Å². The molecule has 0 atom stereocenters. The summed E-state index contributed by atoms with van der Waals surface area (Å²) < 4.78 is 0. The summed E-state index contributed by atoms with van der Waals surface area (Å²) in [5.41, 5.74) is 2.10. The number of aromatic nitrogens is 2. The molecular formula is C8H12N2S. The largest absolute Gasteiger partial charge is 0.261 e. The SMILES string of the molecule is CCc1cncc(CCS)n1. The van der Waals surface area contributed by atoms with Gasteiger partial charge in [0.2, 0.25) is 0 Å². The molecule has 0 spiro atoms. The Balaban J connectivity index is 2.74. The number of thiol groups is 1. The van der Waals surface area contributed by atoms with Crippen molar-refractivity contribution in [3.63, 3.8) is 0 Å². The van der Waals surface area contributed by atoms with E-state index in [-0.39, 0.29) is 0 Å². The first-order chi connectivity index (χ1) is 5.36. The molecular weight excluding hydrogens is 156 g/mol. The Bertz CT molecular complexity index is 225. The van der Waals surface area contributed by atoms with Gasteiger partial charge in [-0.05, 0) is 12.2 Å². The van der Waals surface area contributed by atoms with Crippen LogP contribution < -0.4 is 0 Å². The van der Waals surface area contributed by atoms with Gasteiger partial charge in [-0.25, -0.2) is 0 Å². The molecule has 60 valence electrons. The van der Waals surface area contributed by atoms with Gasteiger partial charge < -0.3 is 0 Å². The summed E-state index contributed by atoms with van der Waals surface area (Å²) >= 11 is 4.13. The quantitative estimate of drug-likeness (QED) is 0.692. The first kappa shape index (κ1) is 8.53. The minimum Gasteiger partial charge on any atom is -0.261 e. The van der Waals surface area contributed by atoms with Gasteiger partial charge in [0.25, 0.3) is 0 Å². The van der Waals surface area contributed by atoms with Crippen molar-refractivity contribution in [2.45, 2.75) is 19.8 Å². The zero-order valence-corrected chi connectivity index (χ0v) is 7.51. The lowest BCUT2D eigenvalue weighted by atomic mass is 10.3. The van der Waals surface area contributed by atoms with Crippen LogP contribution in [0.4, 0.5) is 0 Å². The number of hydrogen-bond acceptors (Lipinski definition) is 3. The molecule has 0 aromatic carbocycles. The van der Waals surface area contributed by atoms with Crippen molar-refractivity contribution in [2.75, 3.05) is 5.75 Å². The second kappa shape index (κ2) is 4.34. The summed E-state index contributed by atoms with van der Waals surface area (Å²) in [7, 11) is 0. The van der Waals surface area contributed by atoms with Crippen LogP contribution in [0.25, 0.3) is 0 Å². The van der Waals surface area contributed by atoms with E-state index in [1.165, 1.54) is 0 Å². The highest BCUT2D eigenvalue weighted by Crippen LogP contribution is 1.98. The lowest BCUT2D eigenvalue weighted by Crippen LogP contribution is -1.96. The molecule has 2 nitrogen and oxygen atoms in total. The Morgan fingerprint density at radius 2 is 2.09 bits per heavy atom. The first-order valence-corrected chi connectivity index (χ1v) is 4.40. The minimum atomic E-state index is 0.835. The molecule has 11 heavy (non-hydrogen) atoms. The van der Waals surface area contributed by atoms with Crippen LogP contribution in [0.2, 0.25) is 0 Å². The topological polar surface area (TPSA) is 25.8 Å². The van der Waals surface area contributed by atoms with Crippen LogP contribution in [0.5, 0.6) is 0 Å². The van der Waals surface area contributed by atoms with Gasteiger partial charge in [0.05, 0.1) is 11.4 Å². The van der Waals surface area contributed by atoms with Gasteiger partial charge in [-0.2, -0.15) is 12.6 Å². The Kier molecular flexibility index (Phi) is 3.36. The lowest BCUT2D eigenvalue weighted by Gasteiger charge is -1.98. The molecule has 0 bridgehead atoms. The molecule has 0 unspecified atom stereocenters. The average Bonchev–Trinajstić information content (AvgIpc) is 2.06. The van der Waals surface area contributed by atoms with Gasteiger partial charge >= 0.3 is 0 Å². The second-order valence-electron chi connectivity index (χ2n) is 2.33. The van der Waals surface area contributed by atoms with E-state index < -0.39 is 0 Å². The third-order valence-electron chi connectivity index (χ3n) is 1.46. The second-order valence-corrected chi connectivity index (χ2v) is 2.78. The molecule has 1 aromatic heterocycles. The molecule has 1 heterocycles. The van der Waals surface area contributed by atoms with Crippen molar-refractivity contribution in [3.8, 4) is 0 Å². The molecule has 0 radical (unpaired) electrons. The normalized spacial score (nSPS) is 10.0. The standard InChI is InChI=1S/C8H12N2S/c1-2-7-5-9-6-8(10-7)3-4-11/h5-6,11H,2-4H2,1H3. The van der Waals surface area contributed by atoms with Crippen LogP contribution in [0.15, 0.2) is 12.4 Å². The summed E-state index contributed by atoms with van der Waals surface area (Å²) in [6, 6.07) is 0. The maximum absolute atomic E-state index is 4.37. The van der Waals surface area contributed by atoms with E-state index in [2.05, 4.69) is 29.5 Å². The highest BCUT2D eigenvalue weighted by molar-refractivity contribution is 7.80. The van der Waals surface area contributed by atoms with Crippen LogP contribution in [-0.2, 0) is 12.8 Å². The Morgan fingerprint density at radius 1 is 1.36 bits per heavy atom. The maximum Gasteiger partial charge on any atom is 0.0598 e. The molecule has 0 fully saturated rings. The van der Waals surface area contributed by atoms with E-state index in [1.54, 1.807) is 6.20 Å². The highest BCUT2D eigenvalue weighted by Gasteiger charge is 1.94. The van der Waals surface area contributed by atoms with E-state index >= 15 is 0 Å². The fourth-order valence-electron chi connectivity index (χ4n) is 0.857. The molecule has 0 N–H and O–H groups in total. The molecule has 0 amide bonds. The third kappa shape index (κ3) is 2.50. The number of nitrogens with zero attached hydrogens (tertiary/aromatic N) is 2. The van der Waals surface area contributed by atoms with Crippen LogP contribution >= 0.6 is 12.6 Å². The number of aryl methyl sites for hydroxylation is 2. The number of hydrogen-bond donors (Lipinski definition) is 1. The van der Waals surface area contributed by atoms with Crippen molar-refractivity contribution < 1.29 is 0 Å². The Hall–Kier alpha value is -0.570. The van der Waals surface area contributed by atoms with Gasteiger partial charge in [-0.1, -0.05) is 6.92 Å². The van der Waals surface area contributed by atoms with Gasteiger partial charge in [-0.15, -0.1) is 0 Å². The highest BCUT2D eigenvalue weighted by atomic mass is 32.1. The van der Waals surface area contributed by atoms with Crippen molar-refractivity contribution in [2.24, 2.45) is 0 Å². The molecule has 1 rings (SSSR count). The molecule has 3 heteroatoms. The van der Waals surface area contributed by atoms with Crippen LogP contribution in [0, 0.1) is 0 Å². The fraction of sp³-hybridized carbons (Fsp3) is 0.500. The Morgan fingerprint density at radius 3 is 2.73 bits per heavy atom. The van der Waals surface area contributed by atoms with Crippen molar-refractivity contribution in [1.82, 2.24) is 9.97 Å². The molecule has 0 saturated heterocycles. The molecule has 0 saturated carbocycles. The van der Waals surface area contributed by atoms with Crippen LogP contribution in [0.1, 0.15) is 18.3 Å². The van der Waals surface area contributed by atoms with E-state index in [0.29, 0.717) is 0 Å².